The Morgan fingerprint density at radius 1 is 1.30 bits per heavy atom. The molecular weight excluding hydrogens is 275 g/mol. The molecule has 0 fully saturated rings. The van der Waals surface area contributed by atoms with Crippen molar-refractivity contribution in [1.82, 2.24) is 5.48 Å². The lowest BCUT2D eigenvalue weighted by Crippen LogP contribution is -2.30. The second-order valence-electron chi connectivity index (χ2n) is 4.30. The molecule has 4 nitrogen and oxygen atoms in total. The van der Waals surface area contributed by atoms with Gasteiger partial charge >= 0.3 is 6.18 Å². The average molecular weight is 291 g/mol. The summed E-state index contributed by atoms with van der Waals surface area (Å²) in [4.78, 5) is 15.2. The van der Waals surface area contributed by atoms with E-state index in [9.17, 15) is 18.0 Å². The van der Waals surface area contributed by atoms with Crippen LogP contribution in [-0.2, 0) is 9.63 Å². The maximum Gasteiger partial charge on any atom is 0.414 e. The van der Waals surface area contributed by atoms with Crippen LogP contribution < -0.4 is 10.2 Å². The highest BCUT2D eigenvalue weighted by atomic mass is 19.4. The van der Waals surface area contributed by atoms with E-state index < -0.39 is 18.7 Å². The number of rotatable bonds is 6. The van der Waals surface area contributed by atoms with Crippen LogP contribution in [0.15, 0.2) is 18.2 Å². The third-order valence-corrected chi connectivity index (χ3v) is 2.35. The van der Waals surface area contributed by atoms with Gasteiger partial charge in [-0.25, -0.2) is 5.48 Å². The fourth-order valence-corrected chi connectivity index (χ4v) is 1.37. The molecule has 7 heteroatoms. The van der Waals surface area contributed by atoms with E-state index in [1.54, 1.807) is 5.48 Å². The quantitative estimate of drug-likeness (QED) is 0.820. The molecule has 0 unspecified atom stereocenters. The highest BCUT2D eigenvalue weighted by Crippen LogP contribution is 2.19. The molecule has 0 aromatic heterocycles. The summed E-state index contributed by atoms with van der Waals surface area (Å²) in [5, 5.41) is 0. The Bertz CT molecular complexity index is 461. The Balaban J connectivity index is 2.27. The number of carbonyl (C=O) groups is 1. The van der Waals surface area contributed by atoms with E-state index in [0.29, 0.717) is 5.75 Å². The smallest absolute Gasteiger partial charge is 0.414 e. The van der Waals surface area contributed by atoms with E-state index in [1.165, 1.54) is 0 Å². The number of hydroxylamine groups is 1. The zero-order valence-electron chi connectivity index (χ0n) is 11.2. The van der Waals surface area contributed by atoms with Crippen LogP contribution in [-0.4, -0.2) is 25.3 Å². The number of alkyl halides is 3. The van der Waals surface area contributed by atoms with Gasteiger partial charge in [0.25, 0.3) is 0 Å². The molecule has 0 spiro atoms. The molecule has 1 N–H and O–H groups in total. The van der Waals surface area contributed by atoms with E-state index in [0.717, 1.165) is 11.1 Å². The van der Waals surface area contributed by atoms with Crippen LogP contribution in [0.5, 0.6) is 5.75 Å². The van der Waals surface area contributed by atoms with Crippen molar-refractivity contribution in [1.29, 1.82) is 0 Å². The molecule has 1 rings (SSSR count). The van der Waals surface area contributed by atoms with Gasteiger partial charge in [0.2, 0.25) is 5.91 Å². The van der Waals surface area contributed by atoms with Crippen LogP contribution in [0, 0.1) is 13.8 Å². The molecule has 20 heavy (non-hydrogen) atoms. The zero-order chi connectivity index (χ0) is 15.2. The lowest BCUT2D eigenvalue weighted by Gasteiger charge is -2.10. The summed E-state index contributed by atoms with van der Waals surface area (Å²) in [5.74, 6) is -0.0198. The number of halogens is 3. The van der Waals surface area contributed by atoms with Crippen molar-refractivity contribution in [2.75, 3.05) is 13.2 Å². The summed E-state index contributed by atoms with van der Waals surface area (Å²) >= 11 is 0. The van der Waals surface area contributed by atoms with Crippen molar-refractivity contribution >= 4 is 5.91 Å². The van der Waals surface area contributed by atoms with Crippen molar-refractivity contribution < 1.29 is 27.5 Å². The minimum atomic E-state index is -4.47. The van der Waals surface area contributed by atoms with E-state index in [4.69, 9.17) is 4.74 Å². The second kappa shape index (κ2) is 7.14. The molecule has 0 aliphatic rings. The molecule has 0 saturated carbocycles. The number of amides is 1. The monoisotopic (exact) mass is 291 g/mol. The van der Waals surface area contributed by atoms with Crippen LogP contribution in [0.2, 0.25) is 0 Å². The summed E-state index contributed by atoms with van der Waals surface area (Å²) < 4.78 is 40.7. The summed E-state index contributed by atoms with van der Waals surface area (Å²) in [6.45, 7) is 2.31. The SMILES string of the molecule is Cc1ccc(C)c(OCCC(=O)NOCC(F)(F)F)c1. The maximum atomic E-state index is 11.8. The molecule has 0 aliphatic carbocycles. The molecular formula is C13H16F3NO3. The summed E-state index contributed by atoms with van der Waals surface area (Å²) in [5.41, 5.74) is 3.65. The van der Waals surface area contributed by atoms with Crippen LogP contribution in [0.1, 0.15) is 17.5 Å². The Kier molecular flexibility index (Phi) is 5.82. The highest BCUT2D eigenvalue weighted by Gasteiger charge is 2.28. The average Bonchev–Trinajstić information content (AvgIpc) is 2.32. The summed E-state index contributed by atoms with van der Waals surface area (Å²) in [7, 11) is 0. The fraction of sp³-hybridized carbons (Fsp3) is 0.462. The van der Waals surface area contributed by atoms with Gasteiger partial charge in [-0.15, -0.1) is 0 Å². The maximum absolute atomic E-state index is 11.8. The highest BCUT2D eigenvalue weighted by molar-refractivity contribution is 5.74. The minimum absolute atomic E-state index is 0.0610. The topological polar surface area (TPSA) is 47.6 Å². The molecule has 0 radical (unpaired) electrons. The minimum Gasteiger partial charge on any atom is -0.493 e. The Morgan fingerprint density at radius 2 is 2.00 bits per heavy atom. The molecule has 0 aliphatic heterocycles. The Labute approximate surface area is 114 Å². The van der Waals surface area contributed by atoms with Gasteiger partial charge in [0.05, 0.1) is 13.0 Å². The van der Waals surface area contributed by atoms with Crippen molar-refractivity contribution in [3.8, 4) is 5.75 Å². The van der Waals surface area contributed by atoms with Gasteiger partial charge in [0.1, 0.15) is 5.75 Å². The van der Waals surface area contributed by atoms with Crippen molar-refractivity contribution in [2.45, 2.75) is 26.4 Å². The van der Waals surface area contributed by atoms with Gasteiger partial charge in [-0.1, -0.05) is 12.1 Å². The van der Waals surface area contributed by atoms with Crippen LogP contribution in [0.3, 0.4) is 0 Å². The van der Waals surface area contributed by atoms with Crippen LogP contribution in [0.25, 0.3) is 0 Å². The van der Waals surface area contributed by atoms with Crippen molar-refractivity contribution in [3.05, 3.63) is 29.3 Å². The second-order valence-corrected chi connectivity index (χ2v) is 4.30. The van der Waals surface area contributed by atoms with Crippen molar-refractivity contribution in [3.63, 3.8) is 0 Å². The standard InChI is InChI=1S/C13H16F3NO3/c1-9-3-4-10(2)11(7-9)19-6-5-12(18)17-20-8-13(14,15)16/h3-4,7H,5-6,8H2,1-2H3,(H,17,18). The first-order valence-electron chi connectivity index (χ1n) is 5.95. The van der Waals surface area contributed by atoms with E-state index in [2.05, 4.69) is 4.84 Å². The molecule has 1 aromatic carbocycles. The molecule has 0 saturated heterocycles. The summed E-state index contributed by atoms with van der Waals surface area (Å²) in [6.07, 6.45) is -4.56. The number of hydrogen-bond donors (Lipinski definition) is 1. The van der Waals surface area contributed by atoms with Gasteiger partial charge in [0, 0.05) is 0 Å². The predicted octanol–water partition coefficient (Wildman–Crippen LogP) is 2.68. The molecule has 112 valence electrons. The Morgan fingerprint density at radius 3 is 2.65 bits per heavy atom. The normalized spacial score (nSPS) is 11.2. The third-order valence-electron chi connectivity index (χ3n) is 2.35. The number of hydrogen-bond acceptors (Lipinski definition) is 3. The number of aryl methyl sites for hydroxylation is 2. The Hall–Kier alpha value is -1.76. The number of ether oxygens (including phenoxy) is 1. The van der Waals surface area contributed by atoms with Gasteiger partial charge in [-0.2, -0.15) is 13.2 Å². The summed E-state index contributed by atoms with van der Waals surface area (Å²) in [6, 6.07) is 5.64. The number of benzene rings is 1. The van der Waals surface area contributed by atoms with E-state index in [1.807, 2.05) is 32.0 Å². The number of nitrogens with one attached hydrogen (secondary N) is 1. The molecule has 0 bridgehead atoms. The lowest BCUT2D eigenvalue weighted by molar-refractivity contribution is -0.191. The van der Waals surface area contributed by atoms with Crippen molar-refractivity contribution in [2.24, 2.45) is 0 Å². The zero-order valence-corrected chi connectivity index (χ0v) is 11.2. The lowest BCUT2D eigenvalue weighted by atomic mass is 10.1. The predicted molar refractivity (Wildman–Crippen MR) is 66.2 cm³/mol. The van der Waals surface area contributed by atoms with Gasteiger partial charge in [-0.3, -0.25) is 9.63 Å². The molecule has 1 aromatic rings. The van der Waals surface area contributed by atoms with Gasteiger partial charge < -0.3 is 4.74 Å². The molecule has 0 heterocycles. The molecule has 1 amide bonds. The number of carbonyl (C=O) groups excluding carboxylic acids is 1. The third kappa shape index (κ3) is 6.42. The van der Waals surface area contributed by atoms with E-state index >= 15 is 0 Å². The van der Waals surface area contributed by atoms with Crippen LogP contribution in [0.4, 0.5) is 13.2 Å². The first kappa shape index (κ1) is 16.3. The fourth-order valence-electron chi connectivity index (χ4n) is 1.37. The van der Waals surface area contributed by atoms with Gasteiger partial charge in [-0.05, 0) is 31.0 Å². The first-order valence-corrected chi connectivity index (χ1v) is 5.95. The van der Waals surface area contributed by atoms with Gasteiger partial charge in [0.15, 0.2) is 6.61 Å². The largest absolute Gasteiger partial charge is 0.493 e. The first-order chi connectivity index (χ1) is 9.28. The van der Waals surface area contributed by atoms with Crippen LogP contribution >= 0.6 is 0 Å². The molecule has 0 atom stereocenters. The van der Waals surface area contributed by atoms with E-state index in [-0.39, 0.29) is 13.0 Å².